The number of hydrogen-bond donors (Lipinski definition) is 1. The van der Waals surface area contributed by atoms with Gasteiger partial charge in [0.25, 0.3) is 0 Å². The van der Waals surface area contributed by atoms with Gasteiger partial charge in [-0.1, -0.05) is 0 Å². The Kier molecular flexibility index (Phi) is 4.83. The van der Waals surface area contributed by atoms with Gasteiger partial charge in [-0.15, -0.1) is 0 Å². The number of nitrogens with zero attached hydrogens (tertiary/aromatic N) is 1. The second-order valence-corrected chi connectivity index (χ2v) is 6.01. The molecule has 2 unspecified atom stereocenters. The Labute approximate surface area is 106 Å². The van der Waals surface area contributed by atoms with Gasteiger partial charge < -0.3 is 10.1 Å². The Morgan fingerprint density at radius 3 is 2.53 bits per heavy atom. The zero-order valence-electron chi connectivity index (χ0n) is 11.6. The molecule has 3 heteroatoms. The summed E-state index contributed by atoms with van der Waals surface area (Å²) in [6.07, 6.45) is 4.11. The van der Waals surface area contributed by atoms with Crippen LogP contribution < -0.4 is 5.32 Å². The van der Waals surface area contributed by atoms with Gasteiger partial charge in [0, 0.05) is 37.7 Å². The summed E-state index contributed by atoms with van der Waals surface area (Å²) in [7, 11) is 2.10. The zero-order valence-corrected chi connectivity index (χ0v) is 11.6. The van der Waals surface area contributed by atoms with Gasteiger partial charge in [0.1, 0.15) is 0 Å². The Morgan fingerprint density at radius 1 is 1.29 bits per heavy atom. The smallest absolute Gasteiger partial charge is 0.0510 e. The van der Waals surface area contributed by atoms with Gasteiger partial charge in [-0.3, -0.25) is 4.90 Å². The summed E-state index contributed by atoms with van der Waals surface area (Å²) < 4.78 is 5.52. The van der Waals surface area contributed by atoms with Gasteiger partial charge in [0.15, 0.2) is 0 Å². The maximum atomic E-state index is 5.52. The van der Waals surface area contributed by atoms with Crippen LogP contribution >= 0.6 is 0 Å². The molecule has 0 aromatic carbocycles. The minimum atomic E-state index is 0.596. The summed E-state index contributed by atoms with van der Waals surface area (Å²) in [6, 6.07) is 1.26. The van der Waals surface area contributed by atoms with E-state index in [1.807, 2.05) is 0 Å². The molecule has 1 N–H and O–H groups in total. The predicted molar refractivity (Wildman–Crippen MR) is 71.2 cm³/mol. The fourth-order valence-electron chi connectivity index (χ4n) is 2.73. The standard InChI is InChI=1S/C14H28N2O/c1-11(2)16(8-12-4-5-12)9-14(15-3)13-6-7-17-10-13/h11-15H,4-10H2,1-3H3. The molecule has 1 aliphatic heterocycles. The molecule has 17 heavy (non-hydrogen) atoms. The summed E-state index contributed by atoms with van der Waals surface area (Å²) in [4.78, 5) is 2.65. The minimum absolute atomic E-state index is 0.596. The fourth-order valence-corrected chi connectivity index (χ4v) is 2.73. The number of rotatable bonds is 7. The van der Waals surface area contributed by atoms with E-state index in [1.165, 1.54) is 32.4 Å². The average Bonchev–Trinajstić information content (AvgIpc) is 2.95. The summed E-state index contributed by atoms with van der Waals surface area (Å²) in [5.41, 5.74) is 0. The number of ether oxygens (including phenoxy) is 1. The molecule has 0 spiro atoms. The van der Waals surface area contributed by atoms with Crippen molar-refractivity contribution in [3.63, 3.8) is 0 Å². The Bertz CT molecular complexity index is 222. The molecule has 1 saturated carbocycles. The molecule has 2 fully saturated rings. The van der Waals surface area contributed by atoms with Gasteiger partial charge in [-0.2, -0.15) is 0 Å². The lowest BCUT2D eigenvalue weighted by molar-refractivity contribution is 0.147. The first-order chi connectivity index (χ1) is 8.20. The lowest BCUT2D eigenvalue weighted by Crippen LogP contribution is -2.47. The van der Waals surface area contributed by atoms with E-state index in [9.17, 15) is 0 Å². The highest BCUT2D eigenvalue weighted by Crippen LogP contribution is 2.30. The van der Waals surface area contributed by atoms with Gasteiger partial charge in [0.05, 0.1) is 6.61 Å². The van der Waals surface area contributed by atoms with Crippen LogP contribution in [-0.4, -0.2) is 50.3 Å². The maximum absolute atomic E-state index is 5.52. The highest BCUT2D eigenvalue weighted by atomic mass is 16.5. The van der Waals surface area contributed by atoms with Gasteiger partial charge in [0.2, 0.25) is 0 Å². The van der Waals surface area contributed by atoms with Crippen molar-refractivity contribution in [2.75, 3.05) is 33.4 Å². The van der Waals surface area contributed by atoms with Crippen LogP contribution in [0.15, 0.2) is 0 Å². The van der Waals surface area contributed by atoms with Crippen LogP contribution in [0, 0.1) is 11.8 Å². The van der Waals surface area contributed by atoms with Crippen LogP contribution in [-0.2, 0) is 4.74 Å². The Morgan fingerprint density at radius 2 is 2.06 bits per heavy atom. The highest BCUT2D eigenvalue weighted by molar-refractivity contribution is 4.85. The molecular formula is C14H28N2O. The summed E-state index contributed by atoms with van der Waals surface area (Å²) in [5, 5.41) is 3.50. The van der Waals surface area contributed by atoms with Crippen LogP contribution in [0.3, 0.4) is 0 Å². The Balaban J connectivity index is 1.84. The van der Waals surface area contributed by atoms with Crippen LogP contribution in [0.1, 0.15) is 33.1 Å². The minimum Gasteiger partial charge on any atom is -0.381 e. The Hall–Kier alpha value is -0.120. The summed E-state index contributed by atoms with van der Waals surface area (Å²) >= 11 is 0. The third kappa shape index (κ3) is 3.94. The van der Waals surface area contributed by atoms with Gasteiger partial charge in [-0.25, -0.2) is 0 Å². The lowest BCUT2D eigenvalue weighted by Gasteiger charge is -2.33. The normalized spacial score (nSPS) is 27.0. The van der Waals surface area contributed by atoms with Crippen LogP contribution in [0.25, 0.3) is 0 Å². The quantitative estimate of drug-likeness (QED) is 0.733. The molecule has 1 aliphatic carbocycles. The monoisotopic (exact) mass is 240 g/mol. The van der Waals surface area contributed by atoms with Crippen molar-refractivity contribution in [3.05, 3.63) is 0 Å². The zero-order chi connectivity index (χ0) is 12.3. The van der Waals surface area contributed by atoms with E-state index in [0.29, 0.717) is 18.0 Å². The molecule has 1 saturated heterocycles. The van der Waals surface area contributed by atoms with Crippen molar-refractivity contribution in [2.45, 2.75) is 45.2 Å². The second-order valence-electron chi connectivity index (χ2n) is 6.01. The van der Waals surface area contributed by atoms with Gasteiger partial charge in [-0.05, 0) is 46.1 Å². The third-order valence-electron chi connectivity index (χ3n) is 4.26. The molecule has 0 amide bonds. The third-order valence-corrected chi connectivity index (χ3v) is 4.26. The molecule has 0 aromatic rings. The topological polar surface area (TPSA) is 24.5 Å². The van der Waals surface area contributed by atoms with Crippen molar-refractivity contribution in [2.24, 2.45) is 11.8 Å². The van der Waals surface area contributed by atoms with Crippen molar-refractivity contribution in [3.8, 4) is 0 Å². The first kappa shape index (κ1) is 13.3. The van der Waals surface area contributed by atoms with E-state index in [0.717, 1.165) is 19.1 Å². The second kappa shape index (κ2) is 6.17. The maximum Gasteiger partial charge on any atom is 0.0510 e. The van der Waals surface area contributed by atoms with Crippen molar-refractivity contribution in [1.29, 1.82) is 0 Å². The molecule has 3 nitrogen and oxygen atoms in total. The van der Waals surface area contributed by atoms with Crippen molar-refractivity contribution in [1.82, 2.24) is 10.2 Å². The average molecular weight is 240 g/mol. The van der Waals surface area contributed by atoms with E-state index in [1.54, 1.807) is 0 Å². The summed E-state index contributed by atoms with van der Waals surface area (Å²) in [5.74, 6) is 1.69. The molecule has 1 heterocycles. The molecule has 2 atom stereocenters. The first-order valence-electron chi connectivity index (χ1n) is 7.19. The largest absolute Gasteiger partial charge is 0.381 e. The number of nitrogens with one attached hydrogen (secondary N) is 1. The highest BCUT2D eigenvalue weighted by Gasteiger charge is 2.30. The van der Waals surface area contributed by atoms with E-state index in [2.05, 4.69) is 31.1 Å². The van der Waals surface area contributed by atoms with Crippen molar-refractivity contribution < 1.29 is 4.74 Å². The molecule has 100 valence electrons. The number of hydrogen-bond acceptors (Lipinski definition) is 3. The number of likely N-dealkylation sites (N-methyl/N-ethyl adjacent to an activating group) is 1. The van der Waals surface area contributed by atoms with E-state index in [4.69, 9.17) is 4.74 Å². The van der Waals surface area contributed by atoms with Gasteiger partial charge >= 0.3 is 0 Å². The molecule has 0 aromatic heterocycles. The molecule has 2 rings (SSSR count). The molecular weight excluding hydrogens is 212 g/mol. The van der Waals surface area contributed by atoms with Crippen molar-refractivity contribution >= 4 is 0 Å². The fraction of sp³-hybridized carbons (Fsp3) is 1.00. The van der Waals surface area contributed by atoms with E-state index < -0.39 is 0 Å². The van der Waals surface area contributed by atoms with Crippen LogP contribution in [0.4, 0.5) is 0 Å². The van der Waals surface area contributed by atoms with E-state index >= 15 is 0 Å². The first-order valence-corrected chi connectivity index (χ1v) is 7.19. The van der Waals surface area contributed by atoms with Crippen LogP contribution in [0.5, 0.6) is 0 Å². The molecule has 2 aliphatic rings. The lowest BCUT2D eigenvalue weighted by atomic mass is 9.98. The predicted octanol–water partition coefficient (Wildman–Crippen LogP) is 1.73. The summed E-state index contributed by atoms with van der Waals surface area (Å²) in [6.45, 7) is 9.01. The molecule has 0 bridgehead atoms. The SMILES string of the molecule is CNC(CN(CC1CC1)C(C)C)C1CCOC1. The van der Waals surface area contributed by atoms with Crippen LogP contribution in [0.2, 0.25) is 0 Å². The molecule has 0 radical (unpaired) electrons. The van der Waals surface area contributed by atoms with E-state index in [-0.39, 0.29) is 0 Å².